The molecule has 44 heavy (non-hydrogen) atoms. The number of ether oxygens (including phenoxy) is 1. The summed E-state index contributed by atoms with van der Waals surface area (Å²) in [6.45, 7) is 4.04. The van der Waals surface area contributed by atoms with Crippen molar-refractivity contribution in [3.05, 3.63) is 106 Å². The highest BCUT2D eigenvalue weighted by Gasteiger charge is 2.30. The first-order valence-corrected chi connectivity index (χ1v) is 16.2. The molecule has 0 spiro atoms. The average Bonchev–Trinajstić information content (AvgIpc) is 3.56. The van der Waals surface area contributed by atoms with Crippen LogP contribution in [0, 0.1) is 18.7 Å². The van der Waals surface area contributed by atoms with Gasteiger partial charge in [-0.1, -0.05) is 54.1 Å². The van der Waals surface area contributed by atoms with Gasteiger partial charge >= 0.3 is 5.97 Å². The van der Waals surface area contributed by atoms with Gasteiger partial charge in [-0.05, 0) is 67.9 Å². The van der Waals surface area contributed by atoms with E-state index in [4.69, 9.17) is 9.84 Å². The number of aryl methyl sites for hydroxylation is 1. The van der Waals surface area contributed by atoms with Crippen LogP contribution in [-0.4, -0.2) is 31.9 Å². The maximum absolute atomic E-state index is 15.3. The van der Waals surface area contributed by atoms with Gasteiger partial charge in [0.15, 0.2) is 10.6 Å². The molecular weight excluding hydrogens is 600 g/mol. The molecule has 228 valence electrons. The first kappa shape index (κ1) is 31.4. The minimum Gasteiger partial charge on any atom is -0.612 e. The SMILES string of the molecule is CCOC(=O)c1csc(-n2nc(-c3cccc(-c4ccc(C)cc4)c3)c(Cc3ccc([SH+](=O)[O-])cc3F)c2CC2CC2)n1.N. The second kappa shape index (κ2) is 13.3. The summed E-state index contributed by atoms with van der Waals surface area (Å²) >= 11 is -1.60. The summed E-state index contributed by atoms with van der Waals surface area (Å²) < 4.78 is 45.2. The second-order valence-electron chi connectivity index (χ2n) is 10.7. The minimum atomic E-state index is -2.90. The number of carbonyl (C=O) groups is 1. The zero-order valence-corrected chi connectivity index (χ0v) is 26.2. The Morgan fingerprint density at radius 3 is 2.52 bits per heavy atom. The van der Waals surface area contributed by atoms with Gasteiger partial charge in [0.05, 0.1) is 29.1 Å². The molecule has 0 saturated heterocycles. The van der Waals surface area contributed by atoms with Crippen LogP contribution in [0.4, 0.5) is 4.39 Å². The van der Waals surface area contributed by atoms with Gasteiger partial charge in [0, 0.05) is 29.0 Å². The summed E-state index contributed by atoms with van der Waals surface area (Å²) in [4.78, 5) is 16.9. The van der Waals surface area contributed by atoms with E-state index >= 15 is 4.39 Å². The number of nitrogens with zero attached hydrogens (tertiary/aromatic N) is 3. The fourth-order valence-electron chi connectivity index (χ4n) is 5.10. The van der Waals surface area contributed by atoms with E-state index in [0.29, 0.717) is 22.3 Å². The molecule has 8 nitrogen and oxygen atoms in total. The van der Waals surface area contributed by atoms with E-state index in [2.05, 4.69) is 35.3 Å². The smallest absolute Gasteiger partial charge is 0.357 e. The molecular formula is C33H33FN4O4S2. The van der Waals surface area contributed by atoms with E-state index in [0.717, 1.165) is 53.3 Å². The average molecular weight is 633 g/mol. The Kier molecular flexibility index (Phi) is 9.50. The van der Waals surface area contributed by atoms with Crippen molar-refractivity contribution in [3.63, 3.8) is 0 Å². The molecule has 11 heteroatoms. The molecule has 0 amide bonds. The number of benzene rings is 3. The minimum absolute atomic E-state index is 0. The molecule has 0 aliphatic heterocycles. The van der Waals surface area contributed by atoms with Gasteiger partial charge < -0.3 is 15.4 Å². The summed E-state index contributed by atoms with van der Waals surface area (Å²) in [6.07, 6.45) is 3.12. The third-order valence-corrected chi connectivity index (χ3v) is 9.08. The van der Waals surface area contributed by atoms with E-state index in [1.165, 1.54) is 29.0 Å². The number of esters is 1. The van der Waals surface area contributed by atoms with Crippen molar-refractivity contribution in [3.8, 4) is 27.5 Å². The van der Waals surface area contributed by atoms with Crippen LogP contribution in [0.3, 0.4) is 0 Å². The summed E-state index contributed by atoms with van der Waals surface area (Å²) in [6, 6.07) is 20.4. The number of thiol groups is 1. The Morgan fingerprint density at radius 2 is 1.84 bits per heavy atom. The lowest BCUT2D eigenvalue weighted by molar-refractivity contribution is 0.0520. The molecule has 1 aliphatic carbocycles. The van der Waals surface area contributed by atoms with Crippen molar-refractivity contribution in [2.24, 2.45) is 5.92 Å². The molecule has 2 aromatic heterocycles. The van der Waals surface area contributed by atoms with Crippen LogP contribution in [0.2, 0.25) is 0 Å². The van der Waals surface area contributed by atoms with Crippen LogP contribution in [0.15, 0.2) is 77.0 Å². The largest absolute Gasteiger partial charge is 0.612 e. The van der Waals surface area contributed by atoms with Crippen molar-refractivity contribution >= 4 is 28.4 Å². The fraction of sp³-hybridized carbons (Fsp3) is 0.242. The monoisotopic (exact) mass is 632 g/mol. The number of hydrogen-bond donors (Lipinski definition) is 1. The molecule has 5 aromatic rings. The summed E-state index contributed by atoms with van der Waals surface area (Å²) in [5.41, 5.74) is 7.16. The van der Waals surface area contributed by atoms with Crippen LogP contribution in [0.25, 0.3) is 27.5 Å². The van der Waals surface area contributed by atoms with E-state index in [9.17, 15) is 13.6 Å². The standard InChI is InChI=1S/C33H30FN3O4S2.H3N/c1-3-41-32(38)29-19-42-33(35-29)37-30(15-21-9-10-21)27(17-24-13-14-26(43(39)40)18-28(24)34)31(36-37)25-6-4-5-23(16-25)22-11-7-20(2)8-12-22;/h4-8,11-14,16,18-19,21,43H,3,9-10,15,17H2,1-2H3;1H3. The molecule has 3 N–H and O–H groups in total. The van der Waals surface area contributed by atoms with Crippen molar-refractivity contribution in [2.45, 2.75) is 44.4 Å². The van der Waals surface area contributed by atoms with Crippen molar-refractivity contribution < 1.29 is 22.7 Å². The first-order valence-electron chi connectivity index (χ1n) is 14.1. The van der Waals surface area contributed by atoms with Crippen molar-refractivity contribution in [1.82, 2.24) is 20.9 Å². The van der Waals surface area contributed by atoms with Gasteiger partial charge in [-0.2, -0.15) is 5.10 Å². The molecule has 2 heterocycles. The molecule has 1 saturated carbocycles. The maximum Gasteiger partial charge on any atom is 0.357 e. The highest BCUT2D eigenvalue weighted by Crippen LogP contribution is 2.39. The number of halogens is 1. The van der Waals surface area contributed by atoms with E-state index < -0.39 is 22.9 Å². The number of hydrogen-bond acceptors (Lipinski definition) is 8. The van der Waals surface area contributed by atoms with E-state index in [1.807, 2.05) is 25.1 Å². The lowest BCUT2D eigenvalue weighted by Gasteiger charge is -2.10. The fourth-order valence-corrected chi connectivity index (χ4v) is 6.29. The van der Waals surface area contributed by atoms with Crippen molar-refractivity contribution in [2.75, 3.05) is 6.61 Å². The number of carbonyl (C=O) groups excluding carboxylic acids is 1. The van der Waals surface area contributed by atoms with Crippen LogP contribution in [0.5, 0.6) is 0 Å². The zero-order valence-electron chi connectivity index (χ0n) is 24.5. The Balaban J connectivity index is 0.00000384. The summed E-state index contributed by atoms with van der Waals surface area (Å²) in [5.74, 6) is -0.604. The van der Waals surface area contributed by atoms with Crippen LogP contribution < -0.4 is 6.15 Å². The number of thiazole rings is 1. The molecule has 0 bridgehead atoms. The van der Waals surface area contributed by atoms with E-state index in [1.54, 1.807) is 17.0 Å². The predicted octanol–water partition coefficient (Wildman–Crippen LogP) is 7.18. The Morgan fingerprint density at radius 1 is 1.09 bits per heavy atom. The molecule has 6 rings (SSSR count). The third-order valence-electron chi connectivity index (χ3n) is 7.56. The lowest BCUT2D eigenvalue weighted by atomic mass is 9.95. The Hall–Kier alpha value is -4.03. The molecule has 0 radical (unpaired) electrons. The summed E-state index contributed by atoms with van der Waals surface area (Å²) in [7, 11) is 0. The molecule has 3 aromatic carbocycles. The van der Waals surface area contributed by atoms with Crippen LogP contribution >= 0.6 is 11.3 Å². The number of aromatic nitrogens is 3. The van der Waals surface area contributed by atoms with E-state index in [-0.39, 0.29) is 29.8 Å². The van der Waals surface area contributed by atoms with Gasteiger partial charge in [0.2, 0.25) is 5.13 Å². The third kappa shape index (κ3) is 6.71. The van der Waals surface area contributed by atoms with Gasteiger partial charge in [0.1, 0.15) is 5.82 Å². The predicted molar refractivity (Wildman–Crippen MR) is 170 cm³/mol. The molecule has 1 unspecified atom stereocenters. The Bertz CT molecular complexity index is 1830. The molecule has 1 aliphatic rings. The Labute approximate surface area is 261 Å². The quantitative estimate of drug-likeness (QED) is 0.0980. The summed E-state index contributed by atoms with van der Waals surface area (Å²) in [5, 5.41) is 7.25. The van der Waals surface area contributed by atoms with Crippen molar-refractivity contribution in [1.29, 1.82) is 0 Å². The van der Waals surface area contributed by atoms with Crippen LogP contribution in [0.1, 0.15) is 52.6 Å². The van der Waals surface area contributed by atoms with Gasteiger partial charge in [0.25, 0.3) is 0 Å². The lowest BCUT2D eigenvalue weighted by Crippen LogP contribution is -2.08. The molecule has 1 fully saturated rings. The van der Waals surface area contributed by atoms with Gasteiger partial charge in [-0.3, -0.25) is 0 Å². The van der Waals surface area contributed by atoms with Gasteiger partial charge in [-0.25, -0.2) is 18.9 Å². The topological polar surface area (TPSA) is 132 Å². The number of rotatable bonds is 10. The maximum atomic E-state index is 15.3. The normalized spacial score (nSPS) is 13.4. The second-order valence-corrected chi connectivity index (χ2v) is 12.6. The zero-order chi connectivity index (χ0) is 30.1. The van der Waals surface area contributed by atoms with Gasteiger partial charge in [-0.15, -0.1) is 15.5 Å². The highest BCUT2D eigenvalue weighted by molar-refractivity contribution is 7.79. The highest BCUT2D eigenvalue weighted by atomic mass is 32.2. The first-order chi connectivity index (χ1) is 20.8. The molecule has 1 atom stereocenters. The van der Waals surface area contributed by atoms with Crippen LogP contribution in [-0.2, 0) is 32.9 Å².